The van der Waals surface area contributed by atoms with Gasteiger partial charge in [0.1, 0.15) is 6.04 Å². The van der Waals surface area contributed by atoms with E-state index in [1.807, 2.05) is 6.92 Å². The van der Waals surface area contributed by atoms with Crippen LogP contribution in [0.5, 0.6) is 0 Å². The van der Waals surface area contributed by atoms with E-state index in [4.69, 9.17) is 4.74 Å². The van der Waals surface area contributed by atoms with E-state index in [0.717, 1.165) is 30.8 Å². The fraction of sp³-hybridized carbons (Fsp3) is 1.00. The van der Waals surface area contributed by atoms with E-state index in [-0.39, 0.29) is 6.23 Å². The predicted octanol–water partition coefficient (Wildman–Crippen LogP) is 0.292. The first-order chi connectivity index (χ1) is 5.26. The molecule has 2 aliphatic rings. The van der Waals surface area contributed by atoms with E-state index in [1.54, 1.807) is 0 Å². The summed E-state index contributed by atoms with van der Waals surface area (Å²) < 4.78 is 6.19. The number of aliphatic hydroxyl groups excluding tert-OH is 1. The van der Waals surface area contributed by atoms with Crippen molar-refractivity contribution in [1.82, 2.24) is 0 Å². The van der Waals surface area contributed by atoms with Crippen LogP contribution in [0.15, 0.2) is 0 Å². The van der Waals surface area contributed by atoms with Crippen LogP contribution in [0, 0.1) is 0 Å². The molecule has 0 amide bonds. The molecule has 64 valence electrons. The highest BCUT2D eigenvalue weighted by atomic mass is 16.5. The molecule has 2 aliphatic heterocycles. The second kappa shape index (κ2) is 2.44. The van der Waals surface area contributed by atoms with Crippen LogP contribution in [-0.2, 0) is 4.74 Å². The molecule has 0 spiro atoms. The first kappa shape index (κ1) is 7.53. The molecule has 11 heavy (non-hydrogen) atoms. The molecule has 3 heteroatoms. The molecule has 1 N–H and O–H groups in total. The lowest BCUT2D eigenvalue weighted by Crippen LogP contribution is -2.71. The lowest BCUT2D eigenvalue weighted by atomic mass is 9.94. The van der Waals surface area contributed by atoms with Gasteiger partial charge >= 0.3 is 0 Å². The van der Waals surface area contributed by atoms with E-state index < -0.39 is 0 Å². The predicted molar refractivity (Wildman–Crippen MR) is 40.6 cm³/mol. The Morgan fingerprint density at radius 3 is 2.73 bits per heavy atom. The van der Waals surface area contributed by atoms with Crippen molar-refractivity contribution in [3.8, 4) is 0 Å². The molecule has 0 aromatic carbocycles. The van der Waals surface area contributed by atoms with Gasteiger partial charge in [-0.25, -0.2) is 0 Å². The summed E-state index contributed by atoms with van der Waals surface area (Å²) in [6.07, 6.45) is 2.16. The lowest BCUT2D eigenvalue weighted by molar-refractivity contribution is -1.05. The molecule has 2 heterocycles. The highest BCUT2D eigenvalue weighted by molar-refractivity contribution is 4.72. The quantitative estimate of drug-likeness (QED) is 0.556. The lowest BCUT2D eigenvalue weighted by Gasteiger charge is -2.55. The Morgan fingerprint density at radius 1 is 1.55 bits per heavy atom. The van der Waals surface area contributed by atoms with Gasteiger partial charge in [-0.15, -0.1) is 0 Å². The zero-order chi connectivity index (χ0) is 7.90. The van der Waals surface area contributed by atoms with Crippen molar-refractivity contribution in [1.29, 1.82) is 0 Å². The molecular weight excluding hydrogens is 142 g/mol. The first-order valence-electron chi connectivity index (χ1n) is 4.38. The number of hydrogen-bond donors (Lipinski definition) is 1. The number of quaternary nitrogens is 1. The summed E-state index contributed by atoms with van der Waals surface area (Å²) in [7, 11) is 0. The molecule has 0 aromatic rings. The van der Waals surface area contributed by atoms with Gasteiger partial charge in [0.15, 0.2) is 13.0 Å². The number of rotatable bonds is 1. The van der Waals surface area contributed by atoms with Gasteiger partial charge in [-0.2, -0.15) is 0 Å². The highest BCUT2D eigenvalue weighted by Gasteiger charge is 2.51. The second-order valence-electron chi connectivity index (χ2n) is 3.73. The van der Waals surface area contributed by atoms with Crippen molar-refractivity contribution < 1.29 is 14.3 Å². The molecule has 2 rings (SSSR count). The first-order valence-corrected chi connectivity index (χ1v) is 4.38. The van der Waals surface area contributed by atoms with Gasteiger partial charge in [-0.3, -0.25) is 4.48 Å². The molecule has 2 fully saturated rings. The monoisotopic (exact) mass is 158 g/mol. The second-order valence-corrected chi connectivity index (χ2v) is 3.73. The van der Waals surface area contributed by atoms with Gasteiger partial charge < -0.3 is 9.84 Å². The molecule has 0 saturated carbocycles. The van der Waals surface area contributed by atoms with E-state index >= 15 is 0 Å². The van der Waals surface area contributed by atoms with Crippen LogP contribution in [0.4, 0.5) is 0 Å². The minimum absolute atomic E-state index is 0.242. The van der Waals surface area contributed by atoms with Gasteiger partial charge in [0, 0.05) is 19.8 Å². The van der Waals surface area contributed by atoms with Crippen molar-refractivity contribution in [2.75, 3.05) is 19.9 Å². The largest absolute Gasteiger partial charge is 0.345 e. The Morgan fingerprint density at radius 2 is 2.36 bits per heavy atom. The third-order valence-electron chi connectivity index (χ3n) is 3.28. The maximum absolute atomic E-state index is 9.55. The Bertz CT molecular complexity index is 160. The maximum atomic E-state index is 9.55. The Balaban J connectivity index is 2.09. The number of ether oxygens (including phenoxy) is 1. The van der Waals surface area contributed by atoms with Crippen molar-refractivity contribution in [3.63, 3.8) is 0 Å². The summed E-state index contributed by atoms with van der Waals surface area (Å²) in [5, 5.41) is 9.55. The number of hydrogen-bond acceptors (Lipinski definition) is 2. The number of fused-ring (bicyclic) bond motifs is 1. The molecule has 0 bridgehead atoms. The number of aliphatic hydroxyl groups is 1. The summed E-state index contributed by atoms with van der Waals surface area (Å²) in [6, 6.07) is 0.684. The Kier molecular flexibility index (Phi) is 1.67. The van der Waals surface area contributed by atoms with Crippen LogP contribution in [0.2, 0.25) is 0 Å². The Hall–Kier alpha value is -0.120. The summed E-state index contributed by atoms with van der Waals surface area (Å²) in [4.78, 5) is 0. The standard InChI is InChI=1S/C8H16NO2/c1-7(10)9-4-2-8(9)3-5-11-6-9/h7-8,10H,2-6H2,1H3/q+1. The minimum atomic E-state index is -0.242. The van der Waals surface area contributed by atoms with Crippen molar-refractivity contribution in [2.45, 2.75) is 32.0 Å². The molecular formula is C8H16NO2+. The zero-order valence-electron chi connectivity index (χ0n) is 6.99. The topological polar surface area (TPSA) is 29.5 Å². The molecule has 3 nitrogen and oxygen atoms in total. The van der Waals surface area contributed by atoms with E-state index in [2.05, 4.69) is 0 Å². The van der Waals surface area contributed by atoms with Crippen molar-refractivity contribution in [3.05, 3.63) is 0 Å². The third kappa shape index (κ3) is 0.916. The normalized spacial score (nSPS) is 45.8. The molecule has 3 unspecified atom stereocenters. The van der Waals surface area contributed by atoms with E-state index in [0.29, 0.717) is 6.04 Å². The number of nitrogens with zero attached hydrogens (tertiary/aromatic N) is 1. The molecule has 2 saturated heterocycles. The average Bonchev–Trinajstić information content (AvgIpc) is 1.91. The molecule has 0 aliphatic carbocycles. The van der Waals surface area contributed by atoms with Crippen LogP contribution in [-0.4, -0.2) is 41.7 Å². The third-order valence-corrected chi connectivity index (χ3v) is 3.28. The van der Waals surface area contributed by atoms with Gasteiger partial charge in [-0.05, 0) is 0 Å². The SMILES string of the molecule is CC(O)[N+]12CCC1CCOC2. The van der Waals surface area contributed by atoms with Crippen LogP contribution in [0.3, 0.4) is 0 Å². The van der Waals surface area contributed by atoms with Crippen LogP contribution < -0.4 is 0 Å². The average molecular weight is 158 g/mol. The van der Waals surface area contributed by atoms with Crippen LogP contribution >= 0.6 is 0 Å². The molecule has 0 aromatic heterocycles. The van der Waals surface area contributed by atoms with Crippen molar-refractivity contribution >= 4 is 0 Å². The summed E-state index contributed by atoms with van der Waals surface area (Å²) in [5.74, 6) is 0. The smallest absolute Gasteiger partial charge is 0.189 e. The van der Waals surface area contributed by atoms with Crippen molar-refractivity contribution in [2.24, 2.45) is 0 Å². The van der Waals surface area contributed by atoms with Gasteiger partial charge in [0.05, 0.1) is 13.2 Å². The van der Waals surface area contributed by atoms with Gasteiger partial charge in [-0.1, -0.05) is 0 Å². The summed E-state index contributed by atoms with van der Waals surface area (Å²) in [6.45, 7) is 4.59. The summed E-state index contributed by atoms with van der Waals surface area (Å²) >= 11 is 0. The zero-order valence-corrected chi connectivity index (χ0v) is 6.99. The van der Waals surface area contributed by atoms with E-state index in [9.17, 15) is 5.11 Å². The van der Waals surface area contributed by atoms with Gasteiger partial charge in [0.25, 0.3) is 0 Å². The van der Waals surface area contributed by atoms with E-state index in [1.165, 1.54) is 6.42 Å². The van der Waals surface area contributed by atoms with Crippen LogP contribution in [0.1, 0.15) is 19.8 Å². The summed E-state index contributed by atoms with van der Waals surface area (Å²) in [5.41, 5.74) is 0. The van der Waals surface area contributed by atoms with Crippen LogP contribution in [0.25, 0.3) is 0 Å². The molecule has 0 radical (unpaired) electrons. The Labute approximate surface area is 67.2 Å². The molecule has 3 atom stereocenters. The maximum Gasteiger partial charge on any atom is 0.189 e. The fourth-order valence-corrected chi connectivity index (χ4v) is 2.27. The fourth-order valence-electron chi connectivity index (χ4n) is 2.27. The van der Waals surface area contributed by atoms with Gasteiger partial charge in [0.2, 0.25) is 0 Å². The highest BCUT2D eigenvalue weighted by Crippen LogP contribution is 2.35. The minimum Gasteiger partial charge on any atom is -0.345 e.